The van der Waals surface area contributed by atoms with Crippen molar-refractivity contribution in [3.05, 3.63) is 47.5 Å². The molecule has 9 atom stereocenters. The molecule has 2 aromatic rings. The number of phenols is 1. The summed E-state index contributed by atoms with van der Waals surface area (Å²) in [6.07, 6.45) is -9.75. The molecule has 7 N–H and O–H groups in total. The first-order valence-corrected chi connectivity index (χ1v) is 16.2. The lowest BCUT2D eigenvalue weighted by Gasteiger charge is -2.43. The Morgan fingerprint density at radius 2 is 1.26 bits per heavy atom. The first kappa shape index (κ1) is 42.0. The minimum Gasteiger partial charge on any atom is -0.502 e. The third kappa shape index (κ3) is 9.14. The zero-order chi connectivity index (χ0) is 39.7. The van der Waals surface area contributed by atoms with Gasteiger partial charge in [0.15, 0.2) is 35.4 Å². The van der Waals surface area contributed by atoms with Gasteiger partial charge in [-0.2, -0.15) is 0 Å². The fraction of sp³-hybridized carbons (Fsp3) is 0.486. The van der Waals surface area contributed by atoms with Crippen LogP contribution in [-0.2, 0) is 33.3 Å². The lowest BCUT2D eigenvalue weighted by atomic mass is 9.98. The first-order chi connectivity index (χ1) is 25.8. The highest BCUT2D eigenvalue weighted by molar-refractivity contribution is 5.88. The minimum absolute atomic E-state index is 0.0773. The summed E-state index contributed by atoms with van der Waals surface area (Å²) in [5, 5.41) is 73.3. The van der Waals surface area contributed by atoms with Crippen LogP contribution < -0.4 is 23.7 Å². The molecule has 4 rings (SSSR count). The van der Waals surface area contributed by atoms with Crippen molar-refractivity contribution in [2.24, 2.45) is 0 Å². The molecule has 2 aromatic carbocycles. The third-order valence-electron chi connectivity index (χ3n) is 8.51. The molecule has 0 radical (unpaired) electrons. The van der Waals surface area contributed by atoms with Gasteiger partial charge in [-0.15, -0.1) is 0 Å². The van der Waals surface area contributed by atoms with E-state index < -0.39 is 86.6 Å². The Morgan fingerprint density at radius 3 is 1.76 bits per heavy atom. The van der Waals surface area contributed by atoms with Crippen LogP contribution >= 0.6 is 0 Å². The average Bonchev–Trinajstić information content (AvgIpc) is 3.44. The van der Waals surface area contributed by atoms with E-state index in [4.69, 9.17) is 47.4 Å². The number of rotatable bonds is 16. The minimum atomic E-state index is -2.49. The summed E-state index contributed by atoms with van der Waals surface area (Å²) in [7, 11) is 6.89. The molecule has 0 aliphatic carbocycles. The summed E-state index contributed by atoms with van der Waals surface area (Å²) < 4.78 is 53.6. The Balaban J connectivity index is 1.49. The summed E-state index contributed by atoms with van der Waals surface area (Å²) >= 11 is 0. The number of aromatic hydroxyl groups is 1. The highest BCUT2D eigenvalue weighted by Crippen LogP contribution is 2.40. The maximum absolute atomic E-state index is 13.0. The van der Waals surface area contributed by atoms with E-state index >= 15 is 0 Å². The van der Waals surface area contributed by atoms with Gasteiger partial charge in [0.25, 0.3) is 0 Å². The van der Waals surface area contributed by atoms with Crippen molar-refractivity contribution < 1.29 is 92.7 Å². The van der Waals surface area contributed by atoms with Crippen molar-refractivity contribution in [1.82, 2.24) is 0 Å². The summed E-state index contributed by atoms with van der Waals surface area (Å²) in [6, 6.07) is 5.92. The first-order valence-electron chi connectivity index (χ1n) is 16.2. The summed E-state index contributed by atoms with van der Waals surface area (Å²) in [5.41, 5.74) is 0.803. The van der Waals surface area contributed by atoms with Crippen LogP contribution in [-0.4, -0.2) is 158 Å². The van der Waals surface area contributed by atoms with Crippen molar-refractivity contribution in [2.45, 2.75) is 54.8 Å². The second kappa shape index (κ2) is 18.6. The fourth-order valence-corrected chi connectivity index (χ4v) is 5.67. The van der Waals surface area contributed by atoms with E-state index in [0.717, 1.165) is 12.2 Å². The summed E-state index contributed by atoms with van der Waals surface area (Å²) in [4.78, 5) is 25.6. The van der Waals surface area contributed by atoms with Crippen LogP contribution in [0.25, 0.3) is 12.2 Å². The molecule has 0 unspecified atom stereocenters. The molecule has 54 heavy (non-hydrogen) atoms. The van der Waals surface area contributed by atoms with Gasteiger partial charge in [0.05, 0.1) is 42.2 Å². The zero-order valence-corrected chi connectivity index (χ0v) is 29.9. The van der Waals surface area contributed by atoms with Crippen molar-refractivity contribution >= 4 is 24.1 Å². The van der Waals surface area contributed by atoms with Crippen LogP contribution in [0.4, 0.5) is 0 Å². The van der Waals surface area contributed by atoms with Gasteiger partial charge >= 0.3 is 11.9 Å². The number of carbonyl (C=O) groups excluding carboxylic acids is 2. The number of ether oxygens (including phenoxy) is 10. The molecular weight excluding hydrogens is 724 g/mol. The molecule has 0 saturated carbocycles. The number of aliphatic hydroxyl groups is 6. The van der Waals surface area contributed by atoms with E-state index in [9.17, 15) is 45.3 Å². The maximum Gasteiger partial charge on any atom is 0.331 e. The quantitative estimate of drug-likeness (QED) is 0.0788. The van der Waals surface area contributed by atoms with Crippen LogP contribution in [0, 0.1) is 0 Å². The van der Waals surface area contributed by atoms with E-state index in [1.165, 1.54) is 72.0 Å². The third-order valence-corrected chi connectivity index (χ3v) is 8.51. The number of methoxy groups -OCH3 is 5. The maximum atomic E-state index is 13.0. The Hall–Kier alpha value is -4.70. The van der Waals surface area contributed by atoms with Gasteiger partial charge in [-0.1, -0.05) is 0 Å². The van der Waals surface area contributed by atoms with E-state index in [2.05, 4.69) is 0 Å². The second-order valence-corrected chi connectivity index (χ2v) is 11.8. The molecule has 2 saturated heterocycles. The van der Waals surface area contributed by atoms with E-state index in [1.807, 2.05) is 0 Å². The molecule has 19 heteroatoms. The number of hydrogen-bond donors (Lipinski definition) is 7. The molecule has 2 fully saturated rings. The predicted molar refractivity (Wildman–Crippen MR) is 182 cm³/mol. The highest BCUT2D eigenvalue weighted by Gasteiger charge is 2.60. The lowest BCUT2D eigenvalue weighted by molar-refractivity contribution is -0.383. The van der Waals surface area contributed by atoms with Gasteiger partial charge in [-0.25, -0.2) is 9.59 Å². The number of esters is 2. The van der Waals surface area contributed by atoms with Crippen LogP contribution in [0.1, 0.15) is 11.1 Å². The normalized spacial score (nSPS) is 28.2. The summed E-state index contributed by atoms with van der Waals surface area (Å²) in [5.74, 6) is -3.69. The summed E-state index contributed by atoms with van der Waals surface area (Å²) in [6.45, 7) is -2.65. The van der Waals surface area contributed by atoms with Gasteiger partial charge in [0.1, 0.15) is 49.8 Å². The standard InChI is InChI=1S/C35H44O19/c1-45-19-10-17(11-20(46-2)27(19)40)6-8-25(38)50-15-24-28(41)30(43)31(44)34(51-24)54-35(16-37)33(29(42)23(14-36)53-35)52-26(39)9-7-18-12-21(47-3)32(49-5)22(13-18)48-4/h6-13,23-24,28-31,33-34,36-37,40-44H,14-16H2,1-5H3/b8-6+,9-7+/t23-,24+,28+,29-,30+,31+,33-,34+,35-/m0/s1. The number of phenolic OH excluding ortho intramolecular Hbond substituents is 1. The Morgan fingerprint density at radius 1 is 0.722 bits per heavy atom. The molecule has 0 bridgehead atoms. The number of benzene rings is 2. The van der Waals surface area contributed by atoms with Crippen LogP contribution in [0.3, 0.4) is 0 Å². The zero-order valence-electron chi connectivity index (χ0n) is 29.9. The molecule has 0 spiro atoms. The monoisotopic (exact) mass is 768 g/mol. The van der Waals surface area contributed by atoms with Crippen molar-refractivity contribution in [3.8, 4) is 34.5 Å². The van der Waals surface area contributed by atoms with Gasteiger partial charge in [-0.3, -0.25) is 0 Å². The van der Waals surface area contributed by atoms with Gasteiger partial charge < -0.3 is 83.1 Å². The number of aliphatic hydroxyl groups excluding tert-OH is 6. The number of carbonyl (C=O) groups is 2. The molecule has 0 aromatic heterocycles. The molecule has 2 aliphatic heterocycles. The van der Waals surface area contributed by atoms with Crippen LogP contribution in [0.2, 0.25) is 0 Å². The highest BCUT2D eigenvalue weighted by atomic mass is 16.8. The van der Waals surface area contributed by atoms with Crippen LogP contribution in [0.15, 0.2) is 36.4 Å². The van der Waals surface area contributed by atoms with Gasteiger partial charge in [-0.05, 0) is 47.5 Å². The smallest absolute Gasteiger partial charge is 0.331 e. The molecule has 2 aliphatic rings. The van der Waals surface area contributed by atoms with Crippen LogP contribution in [0.5, 0.6) is 34.5 Å². The van der Waals surface area contributed by atoms with E-state index in [1.54, 1.807) is 0 Å². The van der Waals surface area contributed by atoms with E-state index in [0.29, 0.717) is 28.4 Å². The molecule has 2 heterocycles. The SMILES string of the molecule is COc1cc(/C=C/C(=O)OC[C@H]2O[C@H](O[C@]3(CO)O[C@@H](CO)[C@H](O)[C@@H]3OC(=O)/C=C/c3cc(OC)c(OC)c(OC)c3)[C@H](O)[C@H](O)[C@@H]2O)cc(OC)c1O. The molecule has 0 amide bonds. The van der Waals surface area contributed by atoms with Crippen molar-refractivity contribution in [1.29, 1.82) is 0 Å². The van der Waals surface area contributed by atoms with Gasteiger partial charge in [0, 0.05) is 12.2 Å². The fourth-order valence-electron chi connectivity index (χ4n) is 5.67. The largest absolute Gasteiger partial charge is 0.502 e. The number of hydrogen-bond acceptors (Lipinski definition) is 19. The lowest BCUT2D eigenvalue weighted by Crippen LogP contribution is -2.63. The topological polar surface area (TPSA) is 268 Å². The Kier molecular flexibility index (Phi) is 14.5. The molecular formula is C35H44O19. The Bertz CT molecular complexity index is 1610. The second-order valence-electron chi connectivity index (χ2n) is 11.8. The molecule has 298 valence electrons. The Labute approximate surface area is 309 Å². The average molecular weight is 769 g/mol. The predicted octanol–water partition coefficient (Wildman–Crippen LogP) is -1.12. The van der Waals surface area contributed by atoms with E-state index in [-0.39, 0.29) is 17.2 Å². The molecule has 19 nitrogen and oxygen atoms in total. The van der Waals surface area contributed by atoms with Gasteiger partial charge in [0.2, 0.25) is 17.3 Å². The van der Waals surface area contributed by atoms with Crippen molar-refractivity contribution in [3.63, 3.8) is 0 Å². The van der Waals surface area contributed by atoms with Crippen molar-refractivity contribution in [2.75, 3.05) is 55.4 Å².